The molecule has 1 aromatic carbocycles. The predicted octanol–water partition coefficient (Wildman–Crippen LogP) is 1.28. The second-order valence-corrected chi connectivity index (χ2v) is 3.80. The third-order valence-corrected chi connectivity index (χ3v) is 2.26. The molecular formula is C12H15ClN4O3. The van der Waals surface area contributed by atoms with Gasteiger partial charge in [-0.05, 0) is 31.2 Å². The Hall–Kier alpha value is -2.12. The Morgan fingerprint density at radius 1 is 1.40 bits per heavy atom. The lowest BCUT2D eigenvalue weighted by Crippen LogP contribution is -2.21. The number of anilines is 1. The van der Waals surface area contributed by atoms with Crippen molar-refractivity contribution in [3.8, 4) is 5.75 Å². The lowest BCUT2D eigenvalue weighted by molar-refractivity contribution is -0.114. The first-order valence-electron chi connectivity index (χ1n) is 5.69. The zero-order valence-corrected chi connectivity index (χ0v) is 11.6. The fourth-order valence-corrected chi connectivity index (χ4v) is 1.39. The quantitative estimate of drug-likeness (QED) is 0.861. The number of nitrogens with one attached hydrogen (secondary N) is 1. The van der Waals surface area contributed by atoms with Crippen LogP contribution in [-0.4, -0.2) is 22.6 Å². The molecule has 0 saturated carbocycles. The molecule has 0 spiro atoms. The lowest BCUT2D eigenvalue weighted by Gasteiger charge is -2.06. The summed E-state index contributed by atoms with van der Waals surface area (Å²) in [5.74, 6) is 1.38. The maximum absolute atomic E-state index is 11.1. The first kappa shape index (κ1) is 15.9. The number of aryl methyl sites for hydroxylation is 1. The Bertz CT molecular complexity index is 556. The maximum Gasteiger partial charge on any atom is 0.264 e. The molecule has 20 heavy (non-hydrogen) atoms. The van der Waals surface area contributed by atoms with E-state index in [4.69, 9.17) is 15.0 Å². The van der Waals surface area contributed by atoms with Crippen LogP contribution in [0.15, 0.2) is 28.8 Å². The summed E-state index contributed by atoms with van der Waals surface area (Å²) in [4.78, 5) is 15.1. The molecule has 0 aliphatic carbocycles. The van der Waals surface area contributed by atoms with Crippen molar-refractivity contribution in [1.82, 2.24) is 10.1 Å². The molecule has 1 amide bonds. The highest BCUT2D eigenvalue weighted by Crippen LogP contribution is 2.16. The number of hydrogen-bond acceptors (Lipinski definition) is 6. The van der Waals surface area contributed by atoms with E-state index in [0.29, 0.717) is 23.2 Å². The minimum atomic E-state index is -0.241. The van der Waals surface area contributed by atoms with Crippen LogP contribution in [0.3, 0.4) is 0 Å². The van der Waals surface area contributed by atoms with Gasteiger partial charge in [0.15, 0.2) is 12.4 Å². The van der Waals surface area contributed by atoms with Gasteiger partial charge < -0.3 is 20.3 Å². The normalized spacial score (nSPS) is 9.70. The molecule has 0 fully saturated rings. The van der Waals surface area contributed by atoms with E-state index in [0.717, 1.165) is 0 Å². The summed E-state index contributed by atoms with van der Waals surface area (Å²) < 4.78 is 10.4. The van der Waals surface area contributed by atoms with Crippen LogP contribution in [0.5, 0.6) is 5.75 Å². The van der Waals surface area contributed by atoms with Gasteiger partial charge in [-0.15, -0.1) is 12.4 Å². The summed E-state index contributed by atoms with van der Waals surface area (Å²) >= 11 is 0. The van der Waals surface area contributed by atoms with Gasteiger partial charge >= 0.3 is 0 Å². The number of hydrogen-bond donors (Lipinski definition) is 2. The second-order valence-electron chi connectivity index (χ2n) is 3.80. The van der Waals surface area contributed by atoms with E-state index in [1.54, 1.807) is 31.2 Å². The van der Waals surface area contributed by atoms with Crippen LogP contribution in [0.4, 0.5) is 5.69 Å². The average Bonchev–Trinajstić information content (AvgIpc) is 2.83. The molecule has 0 atom stereocenters. The Morgan fingerprint density at radius 2 is 2.10 bits per heavy atom. The number of carbonyl (C=O) groups is 1. The van der Waals surface area contributed by atoms with Crippen LogP contribution in [0.2, 0.25) is 0 Å². The molecule has 0 aliphatic heterocycles. The van der Waals surface area contributed by atoms with Crippen LogP contribution in [0.1, 0.15) is 11.7 Å². The van der Waals surface area contributed by atoms with E-state index in [2.05, 4.69) is 15.5 Å². The molecule has 1 heterocycles. The van der Waals surface area contributed by atoms with Crippen molar-refractivity contribution in [2.24, 2.45) is 5.73 Å². The Balaban J connectivity index is 0.00000200. The third-order valence-electron chi connectivity index (χ3n) is 2.26. The minimum Gasteiger partial charge on any atom is -0.484 e. The van der Waals surface area contributed by atoms with Crippen molar-refractivity contribution in [1.29, 1.82) is 0 Å². The van der Waals surface area contributed by atoms with E-state index in [1.165, 1.54) is 0 Å². The molecule has 0 saturated heterocycles. The Kier molecular flexibility index (Phi) is 5.95. The molecule has 0 unspecified atom stereocenters. The van der Waals surface area contributed by atoms with E-state index < -0.39 is 0 Å². The number of rotatable bonds is 5. The summed E-state index contributed by atoms with van der Waals surface area (Å²) in [6.07, 6.45) is 0. The summed E-state index contributed by atoms with van der Waals surface area (Å²) in [5, 5.41) is 6.30. The van der Waals surface area contributed by atoms with Crippen LogP contribution in [-0.2, 0) is 11.4 Å². The molecule has 0 radical (unpaired) electrons. The molecule has 2 aromatic rings. The molecule has 0 aliphatic rings. The molecule has 1 aromatic heterocycles. The fourth-order valence-electron chi connectivity index (χ4n) is 1.39. The van der Waals surface area contributed by atoms with Crippen molar-refractivity contribution in [2.45, 2.75) is 13.5 Å². The van der Waals surface area contributed by atoms with E-state index >= 15 is 0 Å². The third kappa shape index (κ3) is 4.52. The van der Waals surface area contributed by atoms with Crippen LogP contribution in [0, 0.1) is 6.92 Å². The van der Waals surface area contributed by atoms with Crippen molar-refractivity contribution in [3.05, 3.63) is 36.0 Å². The summed E-state index contributed by atoms with van der Waals surface area (Å²) in [7, 11) is 0. The largest absolute Gasteiger partial charge is 0.484 e. The molecule has 3 N–H and O–H groups in total. The van der Waals surface area contributed by atoms with Crippen molar-refractivity contribution >= 4 is 24.0 Å². The van der Waals surface area contributed by atoms with Crippen molar-refractivity contribution in [2.75, 3.05) is 11.9 Å². The molecule has 108 valence electrons. The van der Waals surface area contributed by atoms with Gasteiger partial charge in [-0.25, -0.2) is 0 Å². The van der Waals surface area contributed by atoms with E-state index in [1.807, 2.05) is 0 Å². The first-order chi connectivity index (χ1) is 9.17. The maximum atomic E-state index is 11.1. The van der Waals surface area contributed by atoms with E-state index in [9.17, 15) is 4.79 Å². The van der Waals surface area contributed by atoms with Gasteiger partial charge in [0.25, 0.3) is 5.89 Å². The average molecular weight is 299 g/mol. The SMILES string of the molecule is Cc1noc(COc2ccc(NC(=O)CN)cc2)n1.Cl. The Labute approximate surface area is 121 Å². The minimum absolute atomic E-state index is 0. The first-order valence-corrected chi connectivity index (χ1v) is 5.69. The number of amides is 1. The second kappa shape index (κ2) is 7.46. The topological polar surface area (TPSA) is 103 Å². The Morgan fingerprint density at radius 3 is 2.65 bits per heavy atom. The predicted molar refractivity (Wildman–Crippen MR) is 74.7 cm³/mol. The number of carbonyl (C=O) groups excluding carboxylic acids is 1. The smallest absolute Gasteiger partial charge is 0.264 e. The van der Waals surface area contributed by atoms with Gasteiger partial charge in [0.2, 0.25) is 5.91 Å². The van der Waals surface area contributed by atoms with Gasteiger partial charge in [-0.1, -0.05) is 5.16 Å². The molecular weight excluding hydrogens is 284 g/mol. The highest BCUT2D eigenvalue weighted by atomic mass is 35.5. The zero-order valence-electron chi connectivity index (χ0n) is 10.8. The van der Waals surface area contributed by atoms with Gasteiger partial charge in [-0.3, -0.25) is 4.79 Å². The van der Waals surface area contributed by atoms with E-state index in [-0.39, 0.29) is 31.5 Å². The summed E-state index contributed by atoms with van der Waals surface area (Å²) in [6, 6.07) is 6.91. The van der Waals surface area contributed by atoms with Crippen molar-refractivity contribution < 1.29 is 14.1 Å². The number of nitrogens with zero attached hydrogens (tertiary/aromatic N) is 2. The van der Waals surface area contributed by atoms with Crippen LogP contribution < -0.4 is 15.8 Å². The standard InChI is InChI=1S/C12H14N4O3.ClH/c1-8-14-12(19-16-8)7-18-10-4-2-9(3-5-10)15-11(17)6-13;/h2-5H,6-7,13H2,1H3,(H,15,17);1H. The fraction of sp³-hybridized carbons (Fsp3) is 0.250. The van der Waals surface area contributed by atoms with Gasteiger partial charge in [0, 0.05) is 5.69 Å². The van der Waals surface area contributed by atoms with Gasteiger partial charge in [0.05, 0.1) is 6.54 Å². The number of aromatic nitrogens is 2. The number of ether oxygens (including phenoxy) is 1. The highest BCUT2D eigenvalue weighted by Gasteiger charge is 2.04. The van der Waals surface area contributed by atoms with Gasteiger partial charge in [0.1, 0.15) is 5.75 Å². The lowest BCUT2D eigenvalue weighted by atomic mass is 10.3. The molecule has 2 rings (SSSR count). The van der Waals surface area contributed by atoms with Gasteiger partial charge in [-0.2, -0.15) is 4.98 Å². The highest BCUT2D eigenvalue weighted by molar-refractivity contribution is 5.92. The van der Waals surface area contributed by atoms with Crippen LogP contribution >= 0.6 is 12.4 Å². The number of nitrogens with two attached hydrogens (primary N) is 1. The summed E-state index contributed by atoms with van der Waals surface area (Å²) in [6.45, 7) is 1.89. The zero-order chi connectivity index (χ0) is 13.7. The van der Waals surface area contributed by atoms with Crippen molar-refractivity contribution in [3.63, 3.8) is 0 Å². The number of benzene rings is 1. The number of halogens is 1. The molecule has 0 bridgehead atoms. The summed E-state index contributed by atoms with van der Waals surface area (Å²) in [5.41, 5.74) is 5.87. The monoisotopic (exact) mass is 298 g/mol. The van der Waals surface area contributed by atoms with Crippen LogP contribution in [0.25, 0.3) is 0 Å². The molecule has 7 nitrogen and oxygen atoms in total. The molecule has 8 heteroatoms.